The lowest BCUT2D eigenvalue weighted by molar-refractivity contribution is -0.600. The highest BCUT2D eigenvalue weighted by atomic mass is 16.4. The van der Waals surface area contributed by atoms with E-state index in [0.717, 1.165) is 16.8 Å². The van der Waals surface area contributed by atoms with Crippen molar-refractivity contribution < 1.29 is 8.98 Å². The third-order valence-corrected chi connectivity index (χ3v) is 3.95. The zero-order chi connectivity index (χ0) is 16.0. The molecule has 4 nitrogen and oxygen atoms in total. The molecule has 0 aliphatic rings. The van der Waals surface area contributed by atoms with Gasteiger partial charge in [0.15, 0.2) is 0 Å². The van der Waals surface area contributed by atoms with E-state index in [2.05, 4.69) is 44.2 Å². The second-order valence-electron chi connectivity index (χ2n) is 5.85. The highest BCUT2D eigenvalue weighted by Crippen LogP contribution is 2.19. The highest BCUT2D eigenvalue weighted by Gasteiger charge is 2.12. The maximum atomic E-state index is 5.79. The average molecular weight is 303 g/mol. The number of oxazole rings is 1. The Balaban J connectivity index is 1.80. The Morgan fingerprint density at radius 3 is 2.57 bits per heavy atom. The van der Waals surface area contributed by atoms with Gasteiger partial charge in [0.2, 0.25) is 0 Å². The van der Waals surface area contributed by atoms with Gasteiger partial charge in [0, 0.05) is 12.4 Å². The van der Waals surface area contributed by atoms with Gasteiger partial charge in [-0.3, -0.25) is 9.13 Å². The predicted octanol–water partition coefficient (Wildman–Crippen LogP) is 3.62. The van der Waals surface area contributed by atoms with E-state index in [1.54, 1.807) is 4.57 Å². The first-order valence-electron chi connectivity index (χ1n) is 7.58. The molecule has 0 unspecified atom stereocenters. The van der Waals surface area contributed by atoms with Gasteiger partial charge >= 0.3 is 6.01 Å². The van der Waals surface area contributed by atoms with Gasteiger partial charge in [-0.2, -0.15) is 0 Å². The average Bonchev–Trinajstić information content (AvgIpc) is 3.12. The lowest BCUT2D eigenvalue weighted by Crippen LogP contribution is -2.30. The van der Waals surface area contributed by atoms with Crippen LogP contribution in [-0.4, -0.2) is 9.55 Å². The van der Waals surface area contributed by atoms with E-state index in [1.165, 1.54) is 16.7 Å². The zero-order valence-electron chi connectivity index (χ0n) is 13.4. The Morgan fingerprint density at radius 1 is 1.09 bits per heavy atom. The standard InChI is InChI=1S/C19H17N3O/c1-13-10-14(2)18(15(3)11-13)21-8-9-22(12-21)19-20-16-6-4-5-7-17(16)23-19/h4-11H,1-3H3. The molecule has 0 aliphatic heterocycles. The summed E-state index contributed by atoms with van der Waals surface area (Å²) >= 11 is 0. The number of benzene rings is 2. The molecule has 0 bridgehead atoms. The van der Waals surface area contributed by atoms with Crippen LogP contribution >= 0.6 is 0 Å². The molecule has 2 aromatic heterocycles. The van der Waals surface area contributed by atoms with Crippen molar-refractivity contribution in [1.82, 2.24) is 9.55 Å². The molecule has 0 fully saturated rings. The van der Waals surface area contributed by atoms with Crippen molar-refractivity contribution in [2.45, 2.75) is 20.8 Å². The summed E-state index contributed by atoms with van der Waals surface area (Å²) < 4.78 is 9.55. The van der Waals surface area contributed by atoms with Crippen molar-refractivity contribution in [2.24, 2.45) is 0 Å². The molecule has 23 heavy (non-hydrogen) atoms. The summed E-state index contributed by atoms with van der Waals surface area (Å²) in [5.74, 6) is 0. The molecule has 4 aromatic rings. The minimum absolute atomic E-state index is 0.521. The molecule has 0 amide bonds. The molecule has 0 saturated carbocycles. The number of hydrogen-bond acceptors (Lipinski definition) is 2. The van der Waals surface area contributed by atoms with E-state index in [-0.39, 0.29) is 0 Å². The van der Waals surface area contributed by atoms with Crippen molar-refractivity contribution >= 4 is 11.1 Å². The Bertz CT molecular complexity index is 954. The molecule has 114 valence electrons. The zero-order valence-corrected chi connectivity index (χ0v) is 13.4. The summed E-state index contributed by atoms with van der Waals surface area (Å²) in [6, 6.07) is 12.6. The summed E-state index contributed by atoms with van der Waals surface area (Å²) in [5, 5.41) is 0. The monoisotopic (exact) mass is 303 g/mol. The summed E-state index contributed by atoms with van der Waals surface area (Å²) in [6.45, 7) is 6.35. The number of para-hydroxylation sites is 2. The fourth-order valence-corrected chi connectivity index (χ4v) is 3.06. The molecule has 0 atom stereocenters. The van der Waals surface area contributed by atoms with Gasteiger partial charge in [-0.15, -0.1) is 0 Å². The predicted molar refractivity (Wildman–Crippen MR) is 87.9 cm³/mol. The Hall–Kier alpha value is -2.88. The van der Waals surface area contributed by atoms with E-state index in [0.29, 0.717) is 6.01 Å². The van der Waals surface area contributed by atoms with Gasteiger partial charge in [0.1, 0.15) is 11.1 Å². The van der Waals surface area contributed by atoms with Crippen molar-refractivity contribution in [3.05, 3.63) is 71.8 Å². The molecule has 0 saturated heterocycles. The van der Waals surface area contributed by atoms with Crippen LogP contribution in [-0.2, 0) is 0 Å². The van der Waals surface area contributed by atoms with Gasteiger partial charge in [0.25, 0.3) is 6.33 Å². The SMILES string of the molecule is Cc1cc(C)c(-[n+]2[c-]n(-c3nc4ccccc4o3)cc2)c(C)c1. The first kappa shape index (κ1) is 13.8. The molecule has 0 N–H and O–H groups in total. The first-order valence-corrected chi connectivity index (χ1v) is 7.58. The Kier molecular flexibility index (Phi) is 3.05. The summed E-state index contributed by atoms with van der Waals surface area (Å²) in [7, 11) is 0. The van der Waals surface area contributed by atoms with Crippen molar-refractivity contribution in [3.8, 4) is 11.7 Å². The molecule has 2 aromatic carbocycles. The quantitative estimate of drug-likeness (QED) is 0.419. The molecule has 0 aliphatic carbocycles. The van der Waals surface area contributed by atoms with Crippen molar-refractivity contribution in [3.63, 3.8) is 0 Å². The summed E-state index contributed by atoms with van der Waals surface area (Å²) in [4.78, 5) is 4.50. The summed E-state index contributed by atoms with van der Waals surface area (Å²) in [6.07, 6.45) is 7.16. The highest BCUT2D eigenvalue weighted by molar-refractivity contribution is 5.73. The molecular formula is C19H17N3O. The number of fused-ring (bicyclic) bond motifs is 1. The first-order chi connectivity index (χ1) is 11.1. The number of imidazole rings is 1. The lowest BCUT2D eigenvalue weighted by atomic mass is 10.1. The summed E-state index contributed by atoms with van der Waals surface area (Å²) in [5.41, 5.74) is 6.48. The third kappa shape index (κ3) is 2.32. The van der Waals surface area contributed by atoms with Gasteiger partial charge in [-0.25, -0.2) is 4.98 Å². The molecule has 4 rings (SSSR count). The van der Waals surface area contributed by atoms with Gasteiger partial charge in [0.05, 0.1) is 5.69 Å². The lowest BCUT2D eigenvalue weighted by Gasteiger charge is -2.11. The Morgan fingerprint density at radius 2 is 1.83 bits per heavy atom. The smallest absolute Gasteiger partial charge is 0.333 e. The van der Waals surface area contributed by atoms with Crippen molar-refractivity contribution in [2.75, 3.05) is 0 Å². The number of aromatic nitrogens is 3. The normalized spacial score (nSPS) is 11.3. The van der Waals surface area contributed by atoms with Crippen LogP contribution in [0.1, 0.15) is 16.7 Å². The van der Waals surface area contributed by atoms with Crippen LogP contribution in [0.4, 0.5) is 0 Å². The van der Waals surface area contributed by atoms with Crippen LogP contribution in [0.3, 0.4) is 0 Å². The number of rotatable bonds is 2. The second-order valence-corrected chi connectivity index (χ2v) is 5.85. The molecule has 0 radical (unpaired) electrons. The largest absolute Gasteiger partial charge is 0.441 e. The van der Waals surface area contributed by atoms with E-state index in [4.69, 9.17) is 4.42 Å². The van der Waals surface area contributed by atoms with Gasteiger partial charge in [-0.1, -0.05) is 29.8 Å². The van der Waals surface area contributed by atoms with E-state index in [1.807, 2.05) is 41.2 Å². The molecule has 0 spiro atoms. The fourth-order valence-electron chi connectivity index (χ4n) is 3.06. The van der Waals surface area contributed by atoms with E-state index >= 15 is 0 Å². The van der Waals surface area contributed by atoms with Crippen LogP contribution in [0.2, 0.25) is 0 Å². The maximum Gasteiger partial charge on any atom is 0.333 e. The second kappa shape index (κ2) is 5.09. The minimum atomic E-state index is 0.521. The van der Waals surface area contributed by atoms with Crippen LogP contribution in [0.15, 0.2) is 53.2 Å². The fraction of sp³-hybridized carbons (Fsp3) is 0.158. The Labute approximate surface area is 134 Å². The van der Waals surface area contributed by atoms with E-state index < -0.39 is 0 Å². The molecular weight excluding hydrogens is 286 g/mol. The molecule has 2 heterocycles. The third-order valence-electron chi connectivity index (χ3n) is 3.95. The van der Waals surface area contributed by atoms with Gasteiger partial charge in [-0.05, 0) is 44.0 Å². The molecule has 4 heteroatoms. The van der Waals surface area contributed by atoms with Crippen LogP contribution < -0.4 is 4.57 Å². The van der Waals surface area contributed by atoms with E-state index in [9.17, 15) is 0 Å². The number of aryl methyl sites for hydroxylation is 3. The topological polar surface area (TPSA) is 34.8 Å². The minimum Gasteiger partial charge on any atom is -0.441 e. The maximum absolute atomic E-state index is 5.79. The van der Waals surface area contributed by atoms with Crippen LogP contribution in [0, 0.1) is 27.1 Å². The van der Waals surface area contributed by atoms with Gasteiger partial charge < -0.3 is 4.42 Å². The van der Waals surface area contributed by atoms with Crippen molar-refractivity contribution in [1.29, 1.82) is 0 Å². The van der Waals surface area contributed by atoms with Crippen LogP contribution in [0.25, 0.3) is 22.8 Å². The van der Waals surface area contributed by atoms with Crippen LogP contribution in [0.5, 0.6) is 0 Å². The number of hydrogen-bond donors (Lipinski definition) is 0. The number of nitrogens with zero attached hydrogens (tertiary/aromatic N) is 3.